The second-order valence-corrected chi connectivity index (χ2v) is 8.20. The van der Waals surface area contributed by atoms with Crippen molar-refractivity contribution in [1.82, 2.24) is 25.1 Å². The van der Waals surface area contributed by atoms with E-state index in [2.05, 4.69) is 32.2 Å². The molecule has 0 saturated carbocycles. The number of carbonyl (C=O) groups is 1. The van der Waals surface area contributed by atoms with Gasteiger partial charge in [-0.05, 0) is 24.1 Å². The number of hydrogen-bond donors (Lipinski definition) is 3. The number of hydrogen-bond acceptors (Lipinski definition) is 7. The van der Waals surface area contributed by atoms with E-state index in [1.807, 2.05) is 31.2 Å². The molecule has 1 aliphatic rings. The molecule has 5 N–H and O–H groups in total. The quantitative estimate of drug-likeness (QED) is 0.431. The van der Waals surface area contributed by atoms with Gasteiger partial charge < -0.3 is 16.2 Å². The molecule has 0 bridgehead atoms. The molecule has 1 saturated heterocycles. The summed E-state index contributed by atoms with van der Waals surface area (Å²) in [6.07, 6.45) is 1.73. The highest BCUT2D eigenvalue weighted by molar-refractivity contribution is 6.04. The number of aromatic nitrogens is 4. The van der Waals surface area contributed by atoms with Crippen LogP contribution in [-0.2, 0) is 11.3 Å². The van der Waals surface area contributed by atoms with Gasteiger partial charge in [0.1, 0.15) is 0 Å². The Hall–Kier alpha value is -3.82. The maximum atomic E-state index is 12.2. The van der Waals surface area contributed by atoms with E-state index in [-0.39, 0.29) is 11.4 Å². The van der Waals surface area contributed by atoms with Gasteiger partial charge in [-0.1, -0.05) is 30.3 Å². The first kappa shape index (κ1) is 21.0. The third-order valence-electron chi connectivity index (χ3n) is 5.97. The van der Waals surface area contributed by atoms with Crippen molar-refractivity contribution in [3.8, 4) is 22.6 Å². The van der Waals surface area contributed by atoms with E-state index in [0.29, 0.717) is 11.5 Å². The maximum Gasteiger partial charge on any atom is 0.269 e. The van der Waals surface area contributed by atoms with Gasteiger partial charge >= 0.3 is 0 Å². The lowest BCUT2D eigenvalue weighted by Gasteiger charge is -2.26. The molecule has 0 spiro atoms. The highest BCUT2D eigenvalue weighted by Gasteiger charge is 2.21. The van der Waals surface area contributed by atoms with Crippen molar-refractivity contribution in [2.24, 2.45) is 5.73 Å². The van der Waals surface area contributed by atoms with Crippen molar-refractivity contribution < 1.29 is 9.53 Å². The SMILES string of the molecule is Cc1ccc2[nH]ncc2c1-c1nc(-c2ccc(CN3CCOCC3)cc2)nc(C(N)=O)c1N. The van der Waals surface area contributed by atoms with E-state index in [9.17, 15) is 4.79 Å². The fourth-order valence-corrected chi connectivity index (χ4v) is 4.19. The molecule has 9 heteroatoms. The first-order chi connectivity index (χ1) is 16.0. The third kappa shape index (κ3) is 4.04. The first-order valence-electron chi connectivity index (χ1n) is 10.8. The summed E-state index contributed by atoms with van der Waals surface area (Å²) in [5.41, 5.74) is 17.2. The normalized spacial score (nSPS) is 14.6. The zero-order chi connectivity index (χ0) is 22.9. The van der Waals surface area contributed by atoms with Gasteiger partial charge in [0.25, 0.3) is 5.91 Å². The average molecular weight is 444 g/mol. The molecular formula is C24H25N7O2. The van der Waals surface area contributed by atoms with Crippen LogP contribution in [0.15, 0.2) is 42.6 Å². The van der Waals surface area contributed by atoms with Crippen LogP contribution in [0.1, 0.15) is 21.6 Å². The number of anilines is 1. The topological polar surface area (TPSA) is 136 Å². The van der Waals surface area contributed by atoms with Crippen LogP contribution >= 0.6 is 0 Å². The fraction of sp³-hybridized carbons (Fsp3) is 0.250. The van der Waals surface area contributed by atoms with E-state index in [1.54, 1.807) is 6.20 Å². The van der Waals surface area contributed by atoms with Crippen LogP contribution in [-0.4, -0.2) is 57.3 Å². The predicted molar refractivity (Wildman–Crippen MR) is 126 cm³/mol. The number of rotatable bonds is 5. The molecule has 1 aliphatic heterocycles. The van der Waals surface area contributed by atoms with Crippen LogP contribution in [0.25, 0.3) is 33.5 Å². The van der Waals surface area contributed by atoms with Gasteiger partial charge in [-0.25, -0.2) is 9.97 Å². The molecule has 2 aromatic carbocycles. The summed E-state index contributed by atoms with van der Waals surface area (Å²) < 4.78 is 5.42. The Morgan fingerprint density at radius 3 is 2.61 bits per heavy atom. The number of primary amides is 1. The molecule has 3 heterocycles. The van der Waals surface area contributed by atoms with Crippen LogP contribution in [0.2, 0.25) is 0 Å². The fourth-order valence-electron chi connectivity index (χ4n) is 4.19. The number of nitrogen functional groups attached to an aromatic ring is 1. The number of morpholine rings is 1. The van der Waals surface area contributed by atoms with Crippen molar-refractivity contribution in [2.45, 2.75) is 13.5 Å². The number of amides is 1. The summed E-state index contributed by atoms with van der Waals surface area (Å²) in [4.78, 5) is 23.7. The molecule has 5 rings (SSSR count). The molecule has 168 valence electrons. The monoisotopic (exact) mass is 443 g/mol. The molecule has 0 atom stereocenters. The Labute approximate surface area is 190 Å². The molecule has 0 aliphatic carbocycles. The Kier molecular flexibility index (Phi) is 5.49. The number of benzene rings is 2. The second-order valence-electron chi connectivity index (χ2n) is 8.20. The van der Waals surface area contributed by atoms with Crippen LogP contribution < -0.4 is 11.5 Å². The predicted octanol–water partition coefficient (Wildman–Crippen LogP) is 2.51. The van der Waals surface area contributed by atoms with E-state index in [0.717, 1.165) is 60.4 Å². The summed E-state index contributed by atoms with van der Waals surface area (Å²) in [5, 5.41) is 7.97. The van der Waals surface area contributed by atoms with Gasteiger partial charge in [-0.2, -0.15) is 5.10 Å². The van der Waals surface area contributed by atoms with Gasteiger partial charge in [-0.15, -0.1) is 0 Å². The van der Waals surface area contributed by atoms with E-state index >= 15 is 0 Å². The van der Waals surface area contributed by atoms with Crippen molar-refractivity contribution in [2.75, 3.05) is 32.0 Å². The van der Waals surface area contributed by atoms with Crippen molar-refractivity contribution in [1.29, 1.82) is 0 Å². The number of aryl methyl sites for hydroxylation is 1. The standard InChI is InChI=1S/C24H25N7O2/c1-14-2-7-18-17(12-27-30-18)19(14)21-20(25)22(23(26)32)29-24(28-21)16-5-3-15(4-6-16)13-31-8-10-33-11-9-31/h2-7,12H,8-11,13,25H2,1H3,(H2,26,32)(H,27,30). The summed E-state index contributed by atoms with van der Waals surface area (Å²) in [7, 11) is 0. The molecule has 1 fully saturated rings. The van der Waals surface area contributed by atoms with Gasteiger partial charge in [0.2, 0.25) is 0 Å². The minimum absolute atomic E-state index is 0.00675. The van der Waals surface area contributed by atoms with Gasteiger partial charge in [0.05, 0.1) is 36.3 Å². The smallest absolute Gasteiger partial charge is 0.269 e. The largest absolute Gasteiger partial charge is 0.395 e. The lowest BCUT2D eigenvalue weighted by Crippen LogP contribution is -2.35. The molecule has 9 nitrogen and oxygen atoms in total. The highest BCUT2D eigenvalue weighted by Crippen LogP contribution is 2.35. The Morgan fingerprint density at radius 1 is 1.12 bits per heavy atom. The zero-order valence-electron chi connectivity index (χ0n) is 18.3. The number of H-pyrrole nitrogens is 1. The van der Waals surface area contributed by atoms with Crippen molar-refractivity contribution in [3.63, 3.8) is 0 Å². The molecule has 0 unspecified atom stereocenters. The number of carbonyl (C=O) groups excluding carboxylic acids is 1. The molecule has 2 aromatic heterocycles. The van der Waals surface area contributed by atoms with Crippen LogP contribution in [0, 0.1) is 6.92 Å². The summed E-state index contributed by atoms with van der Waals surface area (Å²) in [6, 6.07) is 11.9. The van der Waals surface area contributed by atoms with Gasteiger partial charge in [-0.3, -0.25) is 14.8 Å². The average Bonchev–Trinajstić information content (AvgIpc) is 3.29. The second kappa shape index (κ2) is 8.61. The third-order valence-corrected chi connectivity index (χ3v) is 5.97. The van der Waals surface area contributed by atoms with Crippen molar-refractivity contribution >= 4 is 22.5 Å². The number of aromatic amines is 1. The molecule has 1 amide bonds. The van der Waals surface area contributed by atoms with E-state index in [4.69, 9.17) is 21.2 Å². The van der Waals surface area contributed by atoms with E-state index < -0.39 is 5.91 Å². The Balaban J connectivity index is 1.57. The molecule has 4 aromatic rings. The van der Waals surface area contributed by atoms with E-state index in [1.165, 1.54) is 5.56 Å². The molecule has 0 radical (unpaired) electrons. The van der Waals surface area contributed by atoms with Gasteiger partial charge in [0, 0.05) is 36.1 Å². The van der Waals surface area contributed by atoms with Crippen LogP contribution in [0.4, 0.5) is 5.69 Å². The Morgan fingerprint density at radius 2 is 1.88 bits per heavy atom. The van der Waals surface area contributed by atoms with Crippen LogP contribution in [0.5, 0.6) is 0 Å². The van der Waals surface area contributed by atoms with Crippen molar-refractivity contribution in [3.05, 3.63) is 59.4 Å². The highest BCUT2D eigenvalue weighted by atomic mass is 16.5. The molecule has 33 heavy (non-hydrogen) atoms. The summed E-state index contributed by atoms with van der Waals surface area (Å²) in [5.74, 6) is -0.302. The van der Waals surface area contributed by atoms with Crippen LogP contribution in [0.3, 0.4) is 0 Å². The lowest BCUT2D eigenvalue weighted by molar-refractivity contribution is 0.0342. The van der Waals surface area contributed by atoms with Gasteiger partial charge in [0.15, 0.2) is 11.5 Å². The molecular weight excluding hydrogens is 418 g/mol. The summed E-state index contributed by atoms with van der Waals surface area (Å²) >= 11 is 0. The summed E-state index contributed by atoms with van der Waals surface area (Å²) in [6.45, 7) is 6.19. The maximum absolute atomic E-state index is 12.2. The number of ether oxygens (including phenoxy) is 1. The zero-order valence-corrected chi connectivity index (χ0v) is 18.3. The first-order valence-corrected chi connectivity index (χ1v) is 10.8. The minimum atomic E-state index is -0.696. The number of nitrogens with one attached hydrogen (secondary N) is 1. The number of nitrogens with two attached hydrogens (primary N) is 2. The number of fused-ring (bicyclic) bond motifs is 1. The minimum Gasteiger partial charge on any atom is -0.395 e. The Bertz CT molecular complexity index is 1320. The lowest BCUT2D eigenvalue weighted by atomic mass is 9.99. The number of nitrogens with zero attached hydrogens (tertiary/aromatic N) is 4.